The maximum Gasteiger partial charge on any atom is 0.124 e. The molecule has 1 atom stereocenters. The monoisotopic (exact) mass is 251 g/mol. The van der Waals surface area contributed by atoms with Crippen LogP contribution in [0.4, 0.5) is 0 Å². The van der Waals surface area contributed by atoms with Gasteiger partial charge in [0.15, 0.2) is 0 Å². The number of para-hydroxylation sites is 1. The molecule has 1 aromatic carbocycles. The van der Waals surface area contributed by atoms with Crippen molar-refractivity contribution in [3.05, 3.63) is 29.8 Å². The van der Waals surface area contributed by atoms with Crippen LogP contribution in [0.3, 0.4) is 0 Å². The van der Waals surface area contributed by atoms with Crippen molar-refractivity contribution in [2.24, 2.45) is 5.92 Å². The zero-order valence-electron chi connectivity index (χ0n) is 11.9. The topological polar surface area (TPSA) is 30.5 Å². The van der Waals surface area contributed by atoms with E-state index in [4.69, 9.17) is 9.47 Å². The molecule has 0 heterocycles. The van der Waals surface area contributed by atoms with Crippen molar-refractivity contribution in [2.45, 2.75) is 33.4 Å². The Morgan fingerprint density at radius 3 is 2.56 bits per heavy atom. The number of benzene rings is 1. The molecule has 0 spiro atoms. The number of nitrogens with one attached hydrogen (secondary N) is 1. The van der Waals surface area contributed by atoms with Crippen molar-refractivity contribution in [3.63, 3.8) is 0 Å². The summed E-state index contributed by atoms with van der Waals surface area (Å²) in [6.07, 6.45) is 0.207. The van der Waals surface area contributed by atoms with Crippen molar-refractivity contribution in [3.8, 4) is 5.75 Å². The Morgan fingerprint density at radius 2 is 1.89 bits per heavy atom. The minimum atomic E-state index is 0.207. The van der Waals surface area contributed by atoms with Crippen LogP contribution in [0.5, 0.6) is 5.75 Å². The molecule has 1 rings (SSSR count). The Morgan fingerprint density at radius 1 is 1.17 bits per heavy atom. The summed E-state index contributed by atoms with van der Waals surface area (Å²) in [6, 6.07) is 8.18. The fraction of sp³-hybridized carbons (Fsp3) is 0.600. The lowest BCUT2D eigenvalue weighted by atomic mass is 10.1. The highest BCUT2D eigenvalue weighted by atomic mass is 16.5. The normalized spacial score (nSPS) is 12.7. The molecule has 0 aromatic heterocycles. The van der Waals surface area contributed by atoms with Gasteiger partial charge in [-0.3, -0.25) is 0 Å². The lowest BCUT2D eigenvalue weighted by Crippen LogP contribution is -2.23. The Hall–Kier alpha value is -1.06. The molecule has 1 unspecified atom stereocenters. The van der Waals surface area contributed by atoms with E-state index in [9.17, 15) is 0 Å². The van der Waals surface area contributed by atoms with Gasteiger partial charge in [-0.2, -0.15) is 0 Å². The molecule has 0 aliphatic carbocycles. The van der Waals surface area contributed by atoms with Gasteiger partial charge in [-0.15, -0.1) is 0 Å². The molecular formula is C15H25NO2. The molecule has 1 aromatic rings. The average Bonchev–Trinajstić information content (AvgIpc) is 2.31. The highest BCUT2D eigenvalue weighted by molar-refractivity contribution is 5.33. The summed E-state index contributed by atoms with van der Waals surface area (Å²) in [4.78, 5) is 0. The lowest BCUT2D eigenvalue weighted by Gasteiger charge is -2.16. The molecule has 3 nitrogen and oxygen atoms in total. The largest absolute Gasteiger partial charge is 0.491 e. The van der Waals surface area contributed by atoms with Crippen molar-refractivity contribution < 1.29 is 9.47 Å². The van der Waals surface area contributed by atoms with Crippen molar-refractivity contribution in [1.29, 1.82) is 0 Å². The smallest absolute Gasteiger partial charge is 0.124 e. The van der Waals surface area contributed by atoms with Crippen LogP contribution >= 0.6 is 0 Å². The first-order valence-electron chi connectivity index (χ1n) is 6.57. The summed E-state index contributed by atoms with van der Waals surface area (Å²) in [6.45, 7) is 8.83. The third-order valence-corrected chi connectivity index (χ3v) is 2.59. The van der Waals surface area contributed by atoms with Crippen LogP contribution < -0.4 is 10.1 Å². The molecule has 0 saturated carbocycles. The number of hydrogen-bond donors (Lipinski definition) is 1. The lowest BCUT2D eigenvalue weighted by molar-refractivity contribution is 0.158. The van der Waals surface area contributed by atoms with Gasteiger partial charge in [0.2, 0.25) is 0 Å². The van der Waals surface area contributed by atoms with Gasteiger partial charge in [0.1, 0.15) is 5.75 Å². The first kappa shape index (κ1) is 15.0. The standard InChI is InChI=1S/C15H25NO2/c1-12(2)18-15-8-6-5-7-14(15)10-16-9-13(3)11-17-4/h5-8,12-13,16H,9-11H2,1-4H3. The molecule has 18 heavy (non-hydrogen) atoms. The Bertz CT molecular complexity index is 339. The number of hydrogen-bond acceptors (Lipinski definition) is 3. The van der Waals surface area contributed by atoms with E-state index in [0.717, 1.165) is 25.4 Å². The summed E-state index contributed by atoms with van der Waals surface area (Å²) in [5.41, 5.74) is 1.20. The van der Waals surface area contributed by atoms with Gasteiger partial charge in [0.25, 0.3) is 0 Å². The molecule has 3 heteroatoms. The van der Waals surface area contributed by atoms with Crippen LogP contribution in [0.1, 0.15) is 26.3 Å². The Labute approximate surface area is 110 Å². The summed E-state index contributed by atoms with van der Waals surface area (Å²) in [5.74, 6) is 1.49. The average molecular weight is 251 g/mol. The van der Waals surface area contributed by atoms with Crippen LogP contribution in [0.15, 0.2) is 24.3 Å². The van der Waals surface area contributed by atoms with Crippen LogP contribution in [-0.4, -0.2) is 26.4 Å². The fourth-order valence-corrected chi connectivity index (χ4v) is 1.82. The first-order valence-corrected chi connectivity index (χ1v) is 6.57. The van der Waals surface area contributed by atoms with Gasteiger partial charge in [0.05, 0.1) is 6.10 Å². The maximum absolute atomic E-state index is 5.79. The molecule has 1 N–H and O–H groups in total. The molecule has 102 valence electrons. The van der Waals surface area contributed by atoms with Crippen molar-refractivity contribution in [1.82, 2.24) is 5.32 Å². The molecule has 0 fully saturated rings. The maximum atomic E-state index is 5.79. The van der Waals surface area contributed by atoms with Gasteiger partial charge < -0.3 is 14.8 Å². The number of rotatable bonds is 8. The van der Waals surface area contributed by atoms with Crippen molar-refractivity contribution in [2.75, 3.05) is 20.3 Å². The van der Waals surface area contributed by atoms with Gasteiger partial charge in [-0.1, -0.05) is 25.1 Å². The molecule has 0 aliphatic rings. The second kappa shape index (κ2) is 8.11. The Balaban J connectivity index is 2.46. The minimum Gasteiger partial charge on any atom is -0.491 e. The first-order chi connectivity index (χ1) is 8.63. The quantitative estimate of drug-likeness (QED) is 0.770. The highest BCUT2D eigenvalue weighted by Gasteiger charge is 2.05. The third kappa shape index (κ3) is 5.52. The molecule has 0 aliphatic heterocycles. The van der Waals surface area contributed by atoms with E-state index in [1.807, 2.05) is 32.0 Å². The third-order valence-electron chi connectivity index (χ3n) is 2.59. The summed E-state index contributed by atoms with van der Waals surface area (Å²) >= 11 is 0. The zero-order valence-corrected chi connectivity index (χ0v) is 11.9. The van der Waals surface area contributed by atoms with Crippen LogP contribution in [0.25, 0.3) is 0 Å². The molecule has 0 radical (unpaired) electrons. The summed E-state index contributed by atoms with van der Waals surface area (Å²) in [7, 11) is 1.74. The number of ether oxygens (including phenoxy) is 2. The van der Waals surface area contributed by atoms with E-state index in [1.165, 1.54) is 5.56 Å². The molecule has 0 saturated heterocycles. The van der Waals surface area contributed by atoms with Gasteiger partial charge in [-0.25, -0.2) is 0 Å². The van der Waals surface area contributed by atoms with Crippen molar-refractivity contribution >= 4 is 0 Å². The second-order valence-corrected chi connectivity index (χ2v) is 4.97. The van der Waals surface area contributed by atoms with E-state index in [1.54, 1.807) is 7.11 Å². The Kier molecular flexibility index (Phi) is 6.76. The van der Waals surface area contributed by atoms with E-state index in [-0.39, 0.29) is 6.10 Å². The van der Waals surface area contributed by atoms with Gasteiger partial charge >= 0.3 is 0 Å². The van der Waals surface area contributed by atoms with E-state index in [2.05, 4.69) is 18.3 Å². The van der Waals surface area contributed by atoms with Crippen LogP contribution in [-0.2, 0) is 11.3 Å². The highest BCUT2D eigenvalue weighted by Crippen LogP contribution is 2.19. The van der Waals surface area contributed by atoms with E-state index < -0.39 is 0 Å². The van der Waals surface area contributed by atoms with E-state index >= 15 is 0 Å². The van der Waals surface area contributed by atoms with Crippen LogP contribution in [0, 0.1) is 5.92 Å². The predicted molar refractivity (Wildman–Crippen MR) is 75.0 cm³/mol. The molecule has 0 bridgehead atoms. The molecule has 0 amide bonds. The van der Waals surface area contributed by atoms with Crippen LogP contribution in [0.2, 0.25) is 0 Å². The second-order valence-electron chi connectivity index (χ2n) is 4.97. The zero-order chi connectivity index (χ0) is 13.4. The summed E-state index contributed by atoms with van der Waals surface area (Å²) in [5, 5.41) is 3.44. The SMILES string of the molecule is COCC(C)CNCc1ccccc1OC(C)C. The van der Waals surface area contributed by atoms with Gasteiger partial charge in [0, 0.05) is 32.4 Å². The van der Waals surface area contributed by atoms with Gasteiger partial charge in [-0.05, 0) is 25.8 Å². The number of methoxy groups -OCH3 is 1. The predicted octanol–water partition coefficient (Wildman–Crippen LogP) is 2.85. The molecular weight excluding hydrogens is 226 g/mol. The minimum absolute atomic E-state index is 0.207. The fourth-order valence-electron chi connectivity index (χ4n) is 1.82. The van der Waals surface area contributed by atoms with E-state index in [0.29, 0.717) is 5.92 Å². The summed E-state index contributed by atoms with van der Waals surface area (Å²) < 4.78 is 10.9.